The lowest BCUT2D eigenvalue weighted by Crippen LogP contribution is -2.27. The third kappa shape index (κ3) is 6.38. The molecule has 4 rings (SSSR count). The summed E-state index contributed by atoms with van der Waals surface area (Å²) >= 11 is 0. The lowest BCUT2D eigenvalue weighted by Gasteiger charge is -2.23. The fourth-order valence-corrected chi connectivity index (χ4v) is 4.80. The average Bonchev–Trinajstić information content (AvgIpc) is 3.27. The van der Waals surface area contributed by atoms with Crippen molar-refractivity contribution in [2.24, 2.45) is 0 Å². The lowest BCUT2D eigenvalue weighted by molar-refractivity contribution is -0.137. The Balaban J connectivity index is 1.34. The molecule has 1 aliphatic carbocycles. The van der Waals surface area contributed by atoms with Crippen molar-refractivity contribution in [2.75, 3.05) is 24.6 Å². The number of benzene rings is 2. The predicted octanol–water partition coefficient (Wildman–Crippen LogP) is 5.90. The van der Waals surface area contributed by atoms with Crippen LogP contribution in [-0.2, 0) is 17.6 Å². The molecule has 35 heavy (non-hydrogen) atoms. The first-order valence-corrected chi connectivity index (χ1v) is 12.7. The van der Waals surface area contributed by atoms with Crippen LogP contribution in [0.1, 0.15) is 62.1 Å². The Labute approximate surface area is 208 Å². The van der Waals surface area contributed by atoms with Gasteiger partial charge in [0, 0.05) is 24.8 Å². The van der Waals surface area contributed by atoms with E-state index in [-0.39, 0.29) is 12.3 Å². The van der Waals surface area contributed by atoms with Gasteiger partial charge in [-0.05, 0) is 72.9 Å². The molecule has 1 aliphatic rings. The van der Waals surface area contributed by atoms with E-state index in [2.05, 4.69) is 54.1 Å². The van der Waals surface area contributed by atoms with Gasteiger partial charge in [0.05, 0.1) is 13.0 Å². The van der Waals surface area contributed by atoms with E-state index in [4.69, 9.17) is 14.8 Å². The molecule has 0 amide bonds. The molecule has 6 heteroatoms. The number of carbonyl (C=O) groups is 1. The molecule has 1 N–H and O–H groups in total. The second kappa shape index (κ2) is 11.8. The minimum absolute atomic E-state index is 0.126. The summed E-state index contributed by atoms with van der Waals surface area (Å²) < 4.78 is 6.05. The zero-order valence-electron chi connectivity index (χ0n) is 20.7. The standard InChI is InChI=1S/C29H35N3O3/c1-3-16-32(27-14-15-30-29(31-27)22-8-6-21(4-2)7-9-22)17-5-18-35-25-12-13-26-23(19-25)10-11-24(26)20-28(33)34/h6-9,12-15,19,24H,3-5,10-11,16-18,20H2,1-2H3,(H,33,34)/t24-/m0/s1. The molecule has 184 valence electrons. The molecular formula is C29H35N3O3. The summed E-state index contributed by atoms with van der Waals surface area (Å²) in [6.07, 6.45) is 6.80. The maximum Gasteiger partial charge on any atom is 0.303 e. The normalized spacial score (nSPS) is 14.5. The molecule has 0 spiro atoms. The van der Waals surface area contributed by atoms with Gasteiger partial charge >= 0.3 is 5.97 Å². The first-order valence-electron chi connectivity index (χ1n) is 12.7. The highest BCUT2D eigenvalue weighted by molar-refractivity contribution is 5.68. The van der Waals surface area contributed by atoms with Crippen molar-refractivity contribution in [3.63, 3.8) is 0 Å². The Kier molecular flexibility index (Phi) is 8.35. The fraction of sp³-hybridized carbons (Fsp3) is 0.414. The number of carboxylic acids is 1. The van der Waals surface area contributed by atoms with Crippen LogP contribution < -0.4 is 9.64 Å². The number of aromatic nitrogens is 2. The van der Waals surface area contributed by atoms with Crippen molar-refractivity contribution in [3.05, 3.63) is 71.4 Å². The zero-order chi connectivity index (χ0) is 24.6. The van der Waals surface area contributed by atoms with Gasteiger partial charge in [-0.25, -0.2) is 9.97 Å². The number of aryl methyl sites for hydroxylation is 2. The summed E-state index contributed by atoms with van der Waals surface area (Å²) in [6, 6.07) is 16.5. The molecule has 0 fully saturated rings. The number of nitrogens with zero attached hydrogens (tertiary/aromatic N) is 3. The first-order chi connectivity index (χ1) is 17.1. The summed E-state index contributed by atoms with van der Waals surface area (Å²) in [6.45, 7) is 6.73. The SMILES string of the molecule is CCCN(CCCOc1ccc2c(c1)CC[C@H]2CC(=O)O)c1ccnc(-c2ccc(CC)cc2)n1. The molecule has 0 saturated heterocycles. The van der Waals surface area contributed by atoms with E-state index < -0.39 is 5.97 Å². The van der Waals surface area contributed by atoms with Gasteiger partial charge < -0.3 is 14.7 Å². The van der Waals surface area contributed by atoms with Gasteiger partial charge in [0.25, 0.3) is 0 Å². The molecule has 2 aromatic carbocycles. The highest BCUT2D eigenvalue weighted by Gasteiger charge is 2.24. The smallest absolute Gasteiger partial charge is 0.303 e. The fourth-order valence-electron chi connectivity index (χ4n) is 4.80. The summed E-state index contributed by atoms with van der Waals surface area (Å²) in [5.74, 6) is 1.95. The van der Waals surface area contributed by atoms with Crippen LogP contribution in [0.5, 0.6) is 5.75 Å². The lowest BCUT2D eigenvalue weighted by atomic mass is 9.98. The quantitative estimate of drug-likeness (QED) is 0.330. The number of fused-ring (bicyclic) bond motifs is 1. The van der Waals surface area contributed by atoms with Crippen LogP contribution in [0.25, 0.3) is 11.4 Å². The van der Waals surface area contributed by atoms with Gasteiger partial charge in [-0.15, -0.1) is 0 Å². The Hall–Kier alpha value is -3.41. The van der Waals surface area contributed by atoms with Gasteiger partial charge in [0.2, 0.25) is 0 Å². The molecule has 3 aromatic rings. The number of hydrogen-bond acceptors (Lipinski definition) is 5. The van der Waals surface area contributed by atoms with Gasteiger partial charge in [0.1, 0.15) is 11.6 Å². The Morgan fingerprint density at radius 1 is 1.11 bits per heavy atom. The maximum absolute atomic E-state index is 11.1. The number of aliphatic carboxylic acids is 1. The minimum atomic E-state index is -0.731. The van der Waals surface area contributed by atoms with E-state index >= 15 is 0 Å². The Morgan fingerprint density at radius 3 is 2.69 bits per heavy atom. The van der Waals surface area contributed by atoms with Crippen LogP contribution >= 0.6 is 0 Å². The van der Waals surface area contributed by atoms with Crippen LogP contribution in [0.4, 0.5) is 5.82 Å². The average molecular weight is 474 g/mol. The zero-order valence-corrected chi connectivity index (χ0v) is 20.7. The van der Waals surface area contributed by atoms with E-state index in [1.54, 1.807) is 0 Å². The molecule has 0 unspecified atom stereocenters. The second-order valence-corrected chi connectivity index (χ2v) is 9.17. The summed E-state index contributed by atoms with van der Waals surface area (Å²) in [5, 5.41) is 9.12. The van der Waals surface area contributed by atoms with Crippen molar-refractivity contribution < 1.29 is 14.6 Å². The maximum atomic E-state index is 11.1. The monoisotopic (exact) mass is 473 g/mol. The molecule has 1 atom stereocenters. The van der Waals surface area contributed by atoms with Crippen LogP contribution in [0.15, 0.2) is 54.7 Å². The third-order valence-electron chi connectivity index (χ3n) is 6.66. The van der Waals surface area contributed by atoms with Crippen LogP contribution in [0.3, 0.4) is 0 Å². The van der Waals surface area contributed by atoms with Crippen LogP contribution in [0.2, 0.25) is 0 Å². The number of carboxylic acid groups (broad SMARTS) is 1. The summed E-state index contributed by atoms with van der Waals surface area (Å²) in [4.78, 5) is 22.7. The number of rotatable bonds is 12. The number of ether oxygens (including phenoxy) is 1. The highest BCUT2D eigenvalue weighted by Crippen LogP contribution is 2.37. The van der Waals surface area contributed by atoms with Gasteiger partial charge in [0.15, 0.2) is 5.82 Å². The van der Waals surface area contributed by atoms with Crippen LogP contribution in [-0.4, -0.2) is 40.7 Å². The van der Waals surface area contributed by atoms with E-state index in [1.807, 2.05) is 24.4 Å². The molecule has 1 aromatic heterocycles. The van der Waals surface area contributed by atoms with Gasteiger partial charge in [-0.1, -0.05) is 44.2 Å². The second-order valence-electron chi connectivity index (χ2n) is 9.17. The Morgan fingerprint density at radius 2 is 1.94 bits per heavy atom. The van der Waals surface area contributed by atoms with E-state index in [0.29, 0.717) is 6.61 Å². The molecule has 0 saturated carbocycles. The molecular weight excluding hydrogens is 438 g/mol. The van der Waals surface area contributed by atoms with Crippen molar-refractivity contribution in [1.82, 2.24) is 9.97 Å². The molecule has 6 nitrogen and oxygen atoms in total. The van der Waals surface area contributed by atoms with E-state index in [1.165, 1.54) is 11.1 Å². The van der Waals surface area contributed by atoms with Gasteiger partial charge in [-0.3, -0.25) is 4.79 Å². The van der Waals surface area contributed by atoms with Gasteiger partial charge in [-0.2, -0.15) is 0 Å². The van der Waals surface area contributed by atoms with Crippen molar-refractivity contribution in [1.29, 1.82) is 0 Å². The topological polar surface area (TPSA) is 75.5 Å². The van der Waals surface area contributed by atoms with E-state index in [9.17, 15) is 4.79 Å². The molecule has 0 aliphatic heterocycles. The van der Waals surface area contributed by atoms with Crippen LogP contribution in [0, 0.1) is 0 Å². The van der Waals surface area contributed by atoms with Crippen molar-refractivity contribution in [3.8, 4) is 17.1 Å². The predicted molar refractivity (Wildman–Crippen MR) is 139 cm³/mol. The minimum Gasteiger partial charge on any atom is -0.494 e. The molecule has 0 radical (unpaired) electrons. The largest absolute Gasteiger partial charge is 0.494 e. The summed E-state index contributed by atoms with van der Waals surface area (Å²) in [5.41, 5.74) is 4.73. The number of hydrogen-bond donors (Lipinski definition) is 1. The summed E-state index contributed by atoms with van der Waals surface area (Å²) in [7, 11) is 0. The van der Waals surface area contributed by atoms with Crippen molar-refractivity contribution in [2.45, 2.75) is 58.3 Å². The van der Waals surface area contributed by atoms with Crippen molar-refractivity contribution >= 4 is 11.8 Å². The molecule has 0 bridgehead atoms. The van der Waals surface area contributed by atoms with E-state index in [0.717, 1.165) is 73.7 Å². The Bertz CT molecular complexity index is 1130. The first kappa shape index (κ1) is 24.7. The number of anilines is 1. The molecule has 1 heterocycles. The highest BCUT2D eigenvalue weighted by atomic mass is 16.5. The third-order valence-corrected chi connectivity index (χ3v) is 6.66.